The normalized spacial score (nSPS) is 14.9. The average molecular weight is 817 g/mol. The van der Waals surface area contributed by atoms with Crippen LogP contribution in [0, 0.1) is 0 Å². The van der Waals surface area contributed by atoms with Crippen molar-refractivity contribution in [1.82, 2.24) is 4.57 Å². The number of anilines is 2. The lowest BCUT2D eigenvalue weighted by Crippen LogP contribution is -2.45. The van der Waals surface area contributed by atoms with Crippen molar-refractivity contribution in [3.05, 3.63) is 266 Å². The minimum absolute atomic E-state index is 0.675. The summed E-state index contributed by atoms with van der Waals surface area (Å²) in [5.41, 5.74) is 13.5. The van der Waals surface area contributed by atoms with Crippen molar-refractivity contribution in [3.63, 3.8) is 0 Å². The molecule has 1 aromatic heterocycles. The van der Waals surface area contributed by atoms with Gasteiger partial charge in [0.05, 0.1) is 11.0 Å². The Kier molecular flexibility index (Phi) is 9.16. The van der Waals surface area contributed by atoms with Gasteiger partial charge in [-0.05, 0) is 115 Å². The van der Waals surface area contributed by atoms with Gasteiger partial charge in [0.2, 0.25) is 0 Å². The van der Waals surface area contributed by atoms with Crippen LogP contribution in [0.15, 0.2) is 255 Å². The number of hydrogen-bond donors (Lipinski definition) is 0. The summed E-state index contributed by atoms with van der Waals surface area (Å²) in [7, 11) is 0. The molecular formula is C62H44N2. The third-order valence-corrected chi connectivity index (χ3v) is 13.3. The molecule has 11 aromatic rings. The smallest absolute Gasteiger partial charge is 0.100 e. The van der Waals surface area contributed by atoms with Crippen LogP contribution in [-0.4, -0.2) is 4.57 Å². The molecule has 0 saturated heterocycles. The third-order valence-electron chi connectivity index (χ3n) is 13.3. The van der Waals surface area contributed by atoms with Gasteiger partial charge in [-0.25, -0.2) is 0 Å². The fraction of sp³-hybridized carbons (Fsp3) is 0.0323. The molecule has 64 heavy (non-hydrogen) atoms. The molecule has 10 aromatic carbocycles. The number of fused-ring (bicyclic) bond motifs is 6. The van der Waals surface area contributed by atoms with Crippen molar-refractivity contribution in [2.45, 2.75) is 12.0 Å². The number of aromatic nitrogens is 1. The van der Waals surface area contributed by atoms with Crippen molar-refractivity contribution in [3.8, 4) is 27.9 Å². The van der Waals surface area contributed by atoms with Crippen LogP contribution in [0.2, 0.25) is 0 Å². The second-order valence-electron chi connectivity index (χ2n) is 16.8. The van der Waals surface area contributed by atoms with Gasteiger partial charge in [-0.2, -0.15) is 0 Å². The van der Waals surface area contributed by atoms with E-state index in [1.807, 2.05) is 0 Å². The molecule has 0 fully saturated rings. The zero-order chi connectivity index (χ0) is 42.5. The summed E-state index contributed by atoms with van der Waals surface area (Å²) < 4.78 is 2.43. The van der Waals surface area contributed by atoms with E-state index in [2.05, 4.69) is 264 Å². The van der Waals surface area contributed by atoms with E-state index < -0.39 is 5.54 Å². The van der Waals surface area contributed by atoms with Crippen molar-refractivity contribution in [2.75, 3.05) is 4.90 Å². The molecule has 1 heterocycles. The molecule has 2 nitrogen and oxygen atoms in total. The summed E-state index contributed by atoms with van der Waals surface area (Å²) in [5, 5.41) is 7.53. The Hall–Kier alpha value is -8.20. The Labute approximate surface area is 373 Å². The largest absolute Gasteiger partial charge is 0.327 e. The zero-order valence-corrected chi connectivity index (χ0v) is 35.4. The third kappa shape index (κ3) is 6.18. The van der Waals surface area contributed by atoms with Crippen LogP contribution < -0.4 is 4.90 Å². The molecule has 12 rings (SSSR count). The standard InChI is InChI=1S/C62H44N2/c1-4-18-45(19-5-1)55-26-12-14-29-59(55)62(41-17-16-28-58(62)47-21-6-2-7-22-47)64(52-38-40-57-56-27-13-15-30-60(56)63(61(57)43-52)50-23-8-3-9-24-50)51-36-33-44(34-37-51)48-35-39-54-49(42-48)32-31-46-20-10-11-25-53(46)54/h1-40,42-43H,41H2. The van der Waals surface area contributed by atoms with E-state index in [-0.39, 0.29) is 0 Å². The highest BCUT2D eigenvalue weighted by atomic mass is 15.2. The molecule has 0 bridgehead atoms. The van der Waals surface area contributed by atoms with E-state index in [9.17, 15) is 0 Å². The number of hydrogen-bond acceptors (Lipinski definition) is 1. The second kappa shape index (κ2) is 15.6. The monoisotopic (exact) mass is 816 g/mol. The van der Waals surface area contributed by atoms with Gasteiger partial charge in [0, 0.05) is 27.8 Å². The molecule has 1 unspecified atom stereocenters. The Bertz CT molecular complexity index is 3560. The summed E-state index contributed by atoms with van der Waals surface area (Å²) in [6, 6.07) is 87.0. The molecule has 0 radical (unpaired) electrons. The van der Waals surface area contributed by atoms with Crippen LogP contribution >= 0.6 is 0 Å². The number of para-hydroxylation sites is 2. The number of benzene rings is 10. The molecule has 0 amide bonds. The highest BCUT2D eigenvalue weighted by molar-refractivity contribution is 6.11. The summed E-state index contributed by atoms with van der Waals surface area (Å²) in [6.45, 7) is 0. The lowest BCUT2D eigenvalue weighted by atomic mass is 9.70. The van der Waals surface area contributed by atoms with E-state index in [1.165, 1.54) is 82.3 Å². The first-order valence-corrected chi connectivity index (χ1v) is 22.2. The number of allylic oxidation sites excluding steroid dienone is 2. The first-order chi connectivity index (χ1) is 31.7. The maximum atomic E-state index is 2.64. The Morgan fingerprint density at radius 2 is 0.984 bits per heavy atom. The lowest BCUT2D eigenvalue weighted by molar-refractivity contribution is 0.568. The lowest BCUT2D eigenvalue weighted by Gasteiger charge is -2.49. The molecule has 302 valence electrons. The molecule has 1 aliphatic carbocycles. The van der Waals surface area contributed by atoms with Crippen LogP contribution in [0.3, 0.4) is 0 Å². The number of rotatable bonds is 8. The quantitative estimate of drug-likeness (QED) is 0.139. The summed E-state index contributed by atoms with van der Waals surface area (Å²) in [6.07, 6.45) is 7.69. The summed E-state index contributed by atoms with van der Waals surface area (Å²) in [5.74, 6) is 0. The summed E-state index contributed by atoms with van der Waals surface area (Å²) in [4.78, 5) is 2.64. The fourth-order valence-corrected chi connectivity index (χ4v) is 10.4. The van der Waals surface area contributed by atoms with Crippen LogP contribution in [0.5, 0.6) is 0 Å². The average Bonchev–Trinajstić information content (AvgIpc) is 3.71. The maximum Gasteiger partial charge on any atom is 0.100 e. The van der Waals surface area contributed by atoms with E-state index in [0.29, 0.717) is 0 Å². The van der Waals surface area contributed by atoms with E-state index >= 15 is 0 Å². The number of nitrogens with zero attached hydrogens (tertiary/aromatic N) is 2. The Balaban J connectivity index is 1.13. The first-order valence-electron chi connectivity index (χ1n) is 22.2. The SMILES string of the molecule is C1=CCC(c2ccccc2-c2ccccc2)(N(c2ccc(-c3ccc4c(ccc5ccccc54)c3)cc2)c2ccc3c4ccccc4n(-c4ccccc4)c3c2)C(c2ccccc2)=C1. The Morgan fingerprint density at radius 3 is 1.80 bits per heavy atom. The highest BCUT2D eigenvalue weighted by Crippen LogP contribution is 2.54. The zero-order valence-electron chi connectivity index (χ0n) is 35.4. The minimum atomic E-state index is -0.675. The van der Waals surface area contributed by atoms with Gasteiger partial charge in [0.15, 0.2) is 0 Å². The molecule has 1 aliphatic rings. The van der Waals surface area contributed by atoms with Crippen LogP contribution in [0.25, 0.3) is 76.9 Å². The van der Waals surface area contributed by atoms with Crippen molar-refractivity contribution in [1.29, 1.82) is 0 Å². The van der Waals surface area contributed by atoms with Crippen LogP contribution in [0.1, 0.15) is 17.5 Å². The van der Waals surface area contributed by atoms with Gasteiger partial charge < -0.3 is 9.47 Å². The van der Waals surface area contributed by atoms with Crippen LogP contribution in [0.4, 0.5) is 11.4 Å². The van der Waals surface area contributed by atoms with Crippen molar-refractivity contribution < 1.29 is 0 Å². The molecule has 0 N–H and O–H groups in total. The van der Waals surface area contributed by atoms with Crippen molar-refractivity contribution >= 4 is 60.3 Å². The predicted octanol–water partition coefficient (Wildman–Crippen LogP) is 16.5. The van der Waals surface area contributed by atoms with E-state index in [0.717, 1.165) is 23.5 Å². The second-order valence-corrected chi connectivity index (χ2v) is 16.8. The first kappa shape index (κ1) is 37.6. The molecule has 1 atom stereocenters. The molecular weight excluding hydrogens is 773 g/mol. The topological polar surface area (TPSA) is 8.17 Å². The van der Waals surface area contributed by atoms with Gasteiger partial charge in [0.25, 0.3) is 0 Å². The summed E-state index contributed by atoms with van der Waals surface area (Å²) >= 11 is 0. The molecule has 0 saturated carbocycles. The van der Waals surface area contributed by atoms with Gasteiger partial charge in [-0.1, -0.05) is 206 Å². The highest BCUT2D eigenvalue weighted by Gasteiger charge is 2.45. The van der Waals surface area contributed by atoms with E-state index in [4.69, 9.17) is 0 Å². The van der Waals surface area contributed by atoms with Crippen LogP contribution in [-0.2, 0) is 5.54 Å². The minimum Gasteiger partial charge on any atom is -0.327 e. The van der Waals surface area contributed by atoms with Gasteiger partial charge in [-0.3, -0.25) is 0 Å². The molecule has 2 heteroatoms. The van der Waals surface area contributed by atoms with E-state index in [1.54, 1.807) is 0 Å². The van der Waals surface area contributed by atoms with Crippen molar-refractivity contribution in [2.24, 2.45) is 0 Å². The van der Waals surface area contributed by atoms with Gasteiger partial charge in [0.1, 0.15) is 5.54 Å². The Morgan fingerprint density at radius 1 is 0.391 bits per heavy atom. The molecule has 0 aliphatic heterocycles. The maximum absolute atomic E-state index is 2.64. The predicted molar refractivity (Wildman–Crippen MR) is 272 cm³/mol. The van der Waals surface area contributed by atoms with Gasteiger partial charge >= 0.3 is 0 Å². The fourth-order valence-electron chi connectivity index (χ4n) is 10.4. The van der Waals surface area contributed by atoms with Gasteiger partial charge in [-0.15, -0.1) is 0 Å². The molecule has 0 spiro atoms.